The second-order valence-electron chi connectivity index (χ2n) is 4.85. The van der Waals surface area contributed by atoms with Gasteiger partial charge in [-0.3, -0.25) is 4.98 Å². The Bertz CT molecular complexity index is 354. The van der Waals surface area contributed by atoms with Crippen LogP contribution in [0.4, 0.5) is 5.69 Å². The molecule has 3 nitrogen and oxygen atoms in total. The first kappa shape index (κ1) is 11.4. The lowest BCUT2D eigenvalue weighted by atomic mass is 9.88. The highest BCUT2D eigenvalue weighted by molar-refractivity contribution is 5.46. The molecule has 0 spiro atoms. The lowest BCUT2D eigenvalue weighted by molar-refractivity contribution is 0.276. The summed E-state index contributed by atoms with van der Waals surface area (Å²) < 4.78 is 0. The molecule has 0 radical (unpaired) electrons. The van der Waals surface area contributed by atoms with Crippen molar-refractivity contribution in [1.82, 2.24) is 4.98 Å². The van der Waals surface area contributed by atoms with Crippen LogP contribution in [0.2, 0.25) is 0 Å². The summed E-state index contributed by atoms with van der Waals surface area (Å²) in [6.07, 6.45) is 3.03. The first-order valence-electron chi connectivity index (χ1n) is 6.01. The largest absolute Gasteiger partial charge is 0.390 e. The molecular weight excluding hydrogens is 200 g/mol. The highest BCUT2D eigenvalue weighted by Crippen LogP contribution is 2.26. The summed E-state index contributed by atoms with van der Waals surface area (Å²) in [5, 5.41) is 9.07. The molecular formula is C13H20N2O. The molecule has 1 aromatic rings. The van der Waals surface area contributed by atoms with Crippen molar-refractivity contribution in [3.8, 4) is 0 Å². The summed E-state index contributed by atoms with van der Waals surface area (Å²) in [6, 6.07) is 4.02. The minimum atomic E-state index is 0.0215. The summed E-state index contributed by atoms with van der Waals surface area (Å²) >= 11 is 0. The topological polar surface area (TPSA) is 36.4 Å². The van der Waals surface area contributed by atoms with Crippen LogP contribution in [-0.2, 0) is 6.61 Å². The van der Waals surface area contributed by atoms with Gasteiger partial charge in [-0.05, 0) is 30.4 Å². The van der Waals surface area contributed by atoms with E-state index in [0.717, 1.165) is 30.6 Å². The van der Waals surface area contributed by atoms with Gasteiger partial charge >= 0.3 is 0 Å². The van der Waals surface area contributed by atoms with Gasteiger partial charge in [0, 0.05) is 25.0 Å². The summed E-state index contributed by atoms with van der Waals surface area (Å²) in [6.45, 7) is 6.88. The van der Waals surface area contributed by atoms with Gasteiger partial charge in [-0.1, -0.05) is 13.8 Å². The van der Waals surface area contributed by atoms with E-state index in [0.29, 0.717) is 0 Å². The molecule has 1 saturated heterocycles. The van der Waals surface area contributed by atoms with E-state index < -0.39 is 0 Å². The molecule has 16 heavy (non-hydrogen) atoms. The average molecular weight is 220 g/mol. The van der Waals surface area contributed by atoms with Crippen molar-refractivity contribution in [1.29, 1.82) is 0 Å². The molecule has 1 aliphatic rings. The van der Waals surface area contributed by atoms with Crippen molar-refractivity contribution in [2.45, 2.75) is 26.9 Å². The summed E-state index contributed by atoms with van der Waals surface area (Å²) in [7, 11) is 0. The van der Waals surface area contributed by atoms with E-state index in [1.54, 1.807) is 6.20 Å². The van der Waals surface area contributed by atoms with Crippen LogP contribution < -0.4 is 4.90 Å². The predicted molar refractivity (Wildman–Crippen MR) is 65.3 cm³/mol. The highest BCUT2D eigenvalue weighted by Gasteiger charge is 2.22. The zero-order valence-electron chi connectivity index (χ0n) is 10.1. The second-order valence-corrected chi connectivity index (χ2v) is 4.85. The third-order valence-electron chi connectivity index (χ3n) is 3.66. The van der Waals surface area contributed by atoms with E-state index in [2.05, 4.69) is 23.7 Å². The maximum atomic E-state index is 9.07. The standard InChI is InChI=1S/C13H20N2O/c1-10-4-6-15(8-11(10)2)13-3-5-14-12(7-13)9-16/h3,5,7,10-11,16H,4,6,8-9H2,1-2H3. The molecule has 2 rings (SSSR count). The van der Waals surface area contributed by atoms with Crippen LogP contribution in [0.15, 0.2) is 18.3 Å². The minimum Gasteiger partial charge on any atom is -0.390 e. The first-order chi connectivity index (χ1) is 7.70. The van der Waals surface area contributed by atoms with Gasteiger partial charge < -0.3 is 10.0 Å². The first-order valence-corrected chi connectivity index (χ1v) is 6.01. The zero-order chi connectivity index (χ0) is 11.5. The van der Waals surface area contributed by atoms with E-state index in [1.807, 2.05) is 12.1 Å². The number of aromatic nitrogens is 1. The van der Waals surface area contributed by atoms with E-state index in [4.69, 9.17) is 5.11 Å². The van der Waals surface area contributed by atoms with E-state index in [1.165, 1.54) is 12.1 Å². The minimum absolute atomic E-state index is 0.0215. The van der Waals surface area contributed by atoms with Crippen molar-refractivity contribution in [2.24, 2.45) is 11.8 Å². The molecule has 0 amide bonds. The predicted octanol–water partition coefficient (Wildman–Crippen LogP) is 2.06. The molecule has 1 fully saturated rings. The second kappa shape index (κ2) is 4.83. The van der Waals surface area contributed by atoms with Gasteiger partial charge in [0.25, 0.3) is 0 Å². The molecule has 2 unspecified atom stereocenters. The maximum absolute atomic E-state index is 9.07. The SMILES string of the molecule is CC1CCN(c2ccnc(CO)c2)CC1C. The summed E-state index contributed by atoms with van der Waals surface area (Å²) in [5.41, 5.74) is 1.95. The Morgan fingerprint density at radius 2 is 2.25 bits per heavy atom. The monoisotopic (exact) mass is 220 g/mol. The Balaban J connectivity index is 2.12. The van der Waals surface area contributed by atoms with Gasteiger partial charge in [0.2, 0.25) is 0 Å². The van der Waals surface area contributed by atoms with Crippen molar-refractivity contribution in [2.75, 3.05) is 18.0 Å². The molecule has 88 valence electrons. The summed E-state index contributed by atoms with van der Waals surface area (Å²) in [4.78, 5) is 6.50. The number of pyridine rings is 1. The number of rotatable bonds is 2. The van der Waals surface area contributed by atoms with Gasteiger partial charge in [0.15, 0.2) is 0 Å². The fourth-order valence-electron chi connectivity index (χ4n) is 2.25. The van der Waals surface area contributed by atoms with Crippen molar-refractivity contribution < 1.29 is 5.11 Å². The Morgan fingerprint density at radius 3 is 2.94 bits per heavy atom. The highest BCUT2D eigenvalue weighted by atomic mass is 16.3. The number of anilines is 1. The van der Waals surface area contributed by atoms with Crippen LogP contribution in [0.1, 0.15) is 26.0 Å². The smallest absolute Gasteiger partial charge is 0.0853 e. The molecule has 1 aliphatic heterocycles. The average Bonchev–Trinajstić information content (AvgIpc) is 2.33. The Kier molecular flexibility index (Phi) is 3.44. The normalized spacial score (nSPS) is 25.8. The third-order valence-corrected chi connectivity index (χ3v) is 3.66. The van der Waals surface area contributed by atoms with Gasteiger partial charge in [-0.15, -0.1) is 0 Å². The number of aliphatic hydroxyl groups excluding tert-OH is 1. The Hall–Kier alpha value is -1.09. The molecule has 0 aliphatic carbocycles. The number of hydrogen-bond donors (Lipinski definition) is 1. The van der Waals surface area contributed by atoms with Crippen molar-refractivity contribution in [3.63, 3.8) is 0 Å². The van der Waals surface area contributed by atoms with Crippen LogP contribution in [0.5, 0.6) is 0 Å². The number of hydrogen-bond acceptors (Lipinski definition) is 3. The van der Waals surface area contributed by atoms with Crippen LogP contribution in [0.3, 0.4) is 0 Å². The fourth-order valence-corrected chi connectivity index (χ4v) is 2.25. The number of nitrogens with zero attached hydrogens (tertiary/aromatic N) is 2. The van der Waals surface area contributed by atoms with Gasteiger partial charge in [0.05, 0.1) is 12.3 Å². The molecule has 0 bridgehead atoms. The molecule has 1 N–H and O–H groups in total. The quantitative estimate of drug-likeness (QED) is 0.828. The van der Waals surface area contributed by atoms with E-state index in [9.17, 15) is 0 Å². The van der Waals surface area contributed by atoms with Gasteiger partial charge in [0.1, 0.15) is 0 Å². The third kappa shape index (κ3) is 2.35. The Morgan fingerprint density at radius 1 is 1.44 bits per heavy atom. The van der Waals surface area contributed by atoms with Gasteiger partial charge in [-0.25, -0.2) is 0 Å². The molecule has 0 saturated carbocycles. The van der Waals surface area contributed by atoms with E-state index >= 15 is 0 Å². The van der Waals surface area contributed by atoms with Crippen LogP contribution in [0.25, 0.3) is 0 Å². The number of piperidine rings is 1. The Labute approximate surface area is 97.1 Å². The van der Waals surface area contributed by atoms with Crippen molar-refractivity contribution >= 4 is 5.69 Å². The number of aliphatic hydroxyl groups is 1. The molecule has 0 aromatic carbocycles. The van der Waals surface area contributed by atoms with E-state index in [-0.39, 0.29) is 6.61 Å². The molecule has 1 aromatic heterocycles. The molecule has 3 heteroatoms. The lowest BCUT2D eigenvalue weighted by Gasteiger charge is -2.36. The fraction of sp³-hybridized carbons (Fsp3) is 0.615. The summed E-state index contributed by atoms with van der Waals surface area (Å²) in [5.74, 6) is 1.55. The molecule has 2 atom stereocenters. The lowest BCUT2D eigenvalue weighted by Crippen LogP contribution is -2.38. The maximum Gasteiger partial charge on any atom is 0.0853 e. The van der Waals surface area contributed by atoms with Crippen LogP contribution in [0, 0.1) is 11.8 Å². The molecule has 2 heterocycles. The van der Waals surface area contributed by atoms with Crippen LogP contribution >= 0.6 is 0 Å². The van der Waals surface area contributed by atoms with Crippen LogP contribution in [-0.4, -0.2) is 23.2 Å². The zero-order valence-corrected chi connectivity index (χ0v) is 10.1. The van der Waals surface area contributed by atoms with Crippen molar-refractivity contribution in [3.05, 3.63) is 24.0 Å². The van der Waals surface area contributed by atoms with Gasteiger partial charge in [-0.2, -0.15) is 0 Å².